The number of anilines is 1. The number of amides is 1. The van der Waals surface area contributed by atoms with Crippen LogP contribution >= 0.6 is 0 Å². The third kappa shape index (κ3) is 6.08. The summed E-state index contributed by atoms with van der Waals surface area (Å²) in [5.41, 5.74) is 7.14. The fourth-order valence-corrected chi connectivity index (χ4v) is 6.52. The van der Waals surface area contributed by atoms with Gasteiger partial charge in [0.1, 0.15) is 0 Å². The van der Waals surface area contributed by atoms with Crippen LogP contribution in [0.1, 0.15) is 53.6 Å². The number of hydrogen-bond acceptors (Lipinski definition) is 7. The lowest BCUT2D eigenvalue weighted by molar-refractivity contribution is -0.158. The van der Waals surface area contributed by atoms with E-state index in [9.17, 15) is 27.9 Å². The second kappa shape index (κ2) is 11.8. The summed E-state index contributed by atoms with van der Waals surface area (Å²) in [6, 6.07) is 21.3. The summed E-state index contributed by atoms with van der Waals surface area (Å²) in [6.07, 6.45) is 1.55. The second-order valence-electron chi connectivity index (χ2n) is 10.7. The van der Waals surface area contributed by atoms with Gasteiger partial charge in [0.2, 0.25) is 11.7 Å². The van der Waals surface area contributed by atoms with Crippen molar-refractivity contribution in [3.05, 3.63) is 107 Å². The van der Waals surface area contributed by atoms with Crippen LogP contribution in [-0.2, 0) is 30.8 Å². The van der Waals surface area contributed by atoms with Gasteiger partial charge in [0.05, 0.1) is 10.5 Å². The summed E-state index contributed by atoms with van der Waals surface area (Å²) in [5.74, 6) is -3.57. The van der Waals surface area contributed by atoms with E-state index in [1.807, 2.05) is 37.3 Å². The SMILES string of the molecule is CCC(Cc1ccccc1)C1OC(=O)C(C(c2cccc(NS(=O)(=O)c3ccc(C(N)=O)cc3)c2)C2CC2)=C(O)C1=O. The number of ether oxygens (including phenoxy) is 1. The van der Waals surface area contributed by atoms with Crippen LogP contribution in [0, 0.1) is 11.8 Å². The maximum atomic E-state index is 13.4. The van der Waals surface area contributed by atoms with E-state index in [4.69, 9.17) is 10.5 Å². The average Bonchev–Trinajstić information content (AvgIpc) is 3.82. The third-order valence-electron chi connectivity index (χ3n) is 7.85. The molecule has 0 radical (unpaired) electrons. The van der Waals surface area contributed by atoms with Crippen LogP contribution < -0.4 is 10.5 Å². The van der Waals surface area contributed by atoms with Gasteiger partial charge in [0.25, 0.3) is 10.0 Å². The van der Waals surface area contributed by atoms with Crippen molar-refractivity contribution in [2.45, 2.75) is 49.5 Å². The van der Waals surface area contributed by atoms with E-state index in [-0.39, 0.29) is 33.6 Å². The van der Waals surface area contributed by atoms with Crippen LogP contribution in [0.15, 0.2) is 95.1 Å². The van der Waals surface area contributed by atoms with Crippen molar-refractivity contribution >= 4 is 33.4 Å². The van der Waals surface area contributed by atoms with E-state index in [1.165, 1.54) is 24.3 Å². The van der Waals surface area contributed by atoms with Crippen molar-refractivity contribution in [3.8, 4) is 0 Å². The van der Waals surface area contributed by atoms with E-state index >= 15 is 0 Å². The molecule has 3 aromatic rings. The topological polar surface area (TPSA) is 153 Å². The number of ketones is 1. The van der Waals surface area contributed by atoms with Gasteiger partial charge >= 0.3 is 5.97 Å². The molecular weight excluding hydrogens is 556 g/mol. The zero-order chi connectivity index (χ0) is 30.0. The summed E-state index contributed by atoms with van der Waals surface area (Å²) < 4.78 is 34.3. The number of rotatable bonds is 11. The molecule has 2 aliphatic rings. The number of nitrogens with two attached hydrogens (primary N) is 1. The molecule has 5 rings (SSSR count). The fraction of sp³-hybridized carbons (Fsp3) is 0.281. The number of benzene rings is 3. The highest BCUT2D eigenvalue weighted by molar-refractivity contribution is 7.92. The number of nitrogens with one attached hydrogen (secondary N) is 1. The largest absolute Gasteiger partial charge is 0.504 e. The molecule has 4 N–H and O–H groups in total. The predicted octanol–water partition coefficient (Wildman–Crippen LogP) is 4.66. The zero-order valence-corrected chi connectivity index (χ0v) is 23.8. The number of hydrogen-bond donors (Lipinski definition) is 3. The Bertz CT molecular complexity index is 1650. The molecule has 1 fully saturated rings. The normalized spacial score (nSPS) is 18.7. The maximum absolute atomic E-state index is 13.4. The molecule has 0 saturated heterocycles. The monoisotopic (exact) mass is 588 g/mol. The first-order valence-electron chi connectivity index (χ1n) is 13.8. The predicted molar refractivity (Wildman–Crippen MR) is 156 cm³/mol. The molecule has 1 aliphatic heterocycles. The van der Waals surface area contributed by atoms with E-state index in [2.05, 4.69) is 4.72 Å². The molecular formula is C32H32N2O7S. The molecule has 1 saturated carbocycles. The van der Waals surface area contributed by atoms with Crippen molar-refractivity contribution in [2.24, 2.45) is 17.6 Å². The quantitative estimate of drug-likeness (QED) is 0.276. The van der Waals surface area contributed by atoms with E-state index in [0.29, 0.717) is 18.4 Å². The van der Waals surface area contributed by atoms with Gasteiger partial charge in [-0.25, -0.2) is 13.2 Å². The molecule has 3 atom stereocenters. The van der Waals surface area contributed by atoms with E-state index in [1.54, 1.807) is 24.3 Å². The van der Waals surface area contributed by atoms with Gasteiger partial charge in [-0.15, -0.1) is 0 Å². The molecule has 3 aromatic carbocycles. The van der Waals surface area contributed by atoms with Gasteiger partial charge < -0.3 is 15.6 Å². The zero-order valence-electron chi connectivity index (χ0n) is 23.0. The lowest BCUT2D eigenvalue weighted by Crippen LogP contribution is -2.42. The Hall–Kier alpha value is -4.44. The highest BCUT2D eigenvalue weighted by Gasteiger charge is 2.47. The second-order valence-corrected chi connectivity index (χ2v) is 12.4. The van der Waals surface area contributed by atoms with Crippen molar-refractivity contribution in [3.63, 3.8) is 0 Å². The third-order valence-corrected chi connectivity index (χ3v) is 9.24. The Morgan fingerprint density at radius 3 is 2.33 bits per heavy atom. The summed E-state index contributed by atoms with van der Waals surface area (Å²) in [6.45, 7) is 1.91. The lowest BCUT2D eigenvalue weighted by atomic mass is 9.81. The fourth-order valence-electron chi connectivity index (χ4n) is 5.48. The van der Waals surface area contributed by atoms with Gasteiger partial charge in [-0.3, -0.25) is 14.3 Å². The Morgan fingerprint density at radius 1 is 1.02 bits per heavy atom. The van der Waals surface area contributed by atoms with Gasteiger partial charge in [-0.1, -0.05) is 49.4 Å². The average molecular weight is 589 g/mol. The van der Waals surface area contributed by atoms with Crippen molar-refractivity contribution in [1.82, 2.24) is 0 Å². The first-order valence-corrected chi connectivity index (χ1v) is 15.3. The van der Waals surface area contributed by atoms with Crippen LogP contribution in [0.5, 0.6) is 0 Å². The number of cyclic esters (lactones) is 1. The van der Waals surface area contributed by atoms with Crippen LogP contribution in [0.2, 0.25) is 0 Å². The summed E-state index contributed by atoms with van der Waals surface area (Å²) in [5, 5.41) is 11.1. The number of sulfonamides is 1. The highest BCUT2D eigenvalue weighted by Crippen LogP contribution is 2.49. The summed E-state index contributed by atoms with van der Waals surface area (Å²) >= 11 is 0. The Labute approximate surface area is 244 Å². The smallest absolute Gasteiger partial charge is 0.339 e. The number of aliphatic hydroxyl groups is 1. The first-order chi connectivity index (χ1) is 20.1. The molecule has 1 amide bonds. The Kier molecular flexibility index (Phi) is 8.17. The molecule has 0 bridgehead atoms. The number of carbonyl (C=O) groups excluding carboxylic acids is 3. The molecule has 1 heterocycles. The molecule has 0 spiro atoms. The Morgan fingerprint density at radius 2 is 1.71 bits per heavy atom. The minimum absolute atomic E-state index is 0.0152. The van der Waals surface area contributed by atoms with Gasteiger partial charge in [-0.05, 0) is 79.1 Å². The van der Waals surface area contributed by atoms with Gasteiger partial charge in [0.15, 0.2) is 11.9 Å². The molecule has 42 heavy (non-hydrogen) atoms. The highest BCUT2D eigenvalue weighted by atomic mass is 32.2. The van der Waals surface area contributed by atoms with Crippen molar-refractivity contribution in [2.75, 3.05) is 4.72 Å². The maximum Gasteiger partial charge on any atom is 0.339 e. The molecule has 9 nitrogen and oxygen atoms in total. The van der Waals surface area contributed by atoms with Crippen LogP contribution in [0.4, 0.5) is 5.69 Å². The van der Waals surface area contributed by atoms with Crippen LogP contribution in [-0.4, -0.2) is 37.3 Å². The number of carbonyl (C=O) groups is 3. The summed E-state index contributed by atoms with van der Waals surface area (Å²) in [4.78, 5) is 38.1. The molecule has 10 heteroatoms. The minimum atomic E-state index is -4.01. The molecule has 1 aliphatic carbocycles. The number of aliphatic hydroxyl groups excluding tert-OH is 1. The van der Waals surface area contributed by atoms with Crippen molar-refractivity contribution < 1.29 is 32.6 Å². The van der Waals surface area contributed by atoms with Gasteiger partial charge in [-0.2, -0.15) is 0 Å². The first kappa shape index (κ1) is 29.1. The molecule has 218 valence electrons. The number of Topliss-reactive ketones (excluding diaryl/α,β-unsaturated/α-hetero) is 1. The summed E-state index contributed by atoms with van der Waals surface area (Å²) in [7, 11) is -4.01. The molecule has 0 aromatic heterocycles. The van der Waals surface area contributed by atoms with E-state index in [0.717, 1.165) is 18.4 Å². The van der Waals surface area contributed by atoms with Crippen molar-refractivity contribution in [1.29, 1.82) is 0 Å². The van der Waals surface area contributed by atoms with E-state index < -0.39 is 45.5 Å². The number of primary amides is 1. The molecule has 3 unspecified atom stereocenters. The number of esters is 1. The van der Waals surface area contributed by atoms with Crippen LogP contribution in [0.3, 0.4) is 0 Å². The van der Waals surface area contributed by atoms with Crippen LogP contribution in [0.25, 0.3) is 0 Å². The lowest BCUT2D eigenvalue weighted by Gasteiger charge is -2.31. The minimum Gasteiger partial charge on any atom is -0.504 e. The van der Waals surface area contributed by atoms with Gasteiger partial charge in [0, 0.05) is 23.1 Å². The Balaban J connectivity index is 1.41. The standard InChI is InChI=1S/C32H32N2O7S/c1-2-20(17-19-7-4-3-5-8-19)30-29(36)28(35)27(32(38)41-30)26(21-11-12-21)23-9-6-10-24(18-23)34-42(39,40)25-15-13-22(14-16-25)31(33)37/h3-10,13-16,18,20-21,26,30,34-35H,2,11-12,17H2,1H3,(H2,33,37).